The third-order valence-corrected chi connectivity index (χ3v) is 3.19. The third kappa shape index (κ3) is 2.51. The second-order valence-electron chi connectivity index (χ2n) is 5.44. The first-order valence-corrected chi connectivity index (χ1v) is 6.33. The van der Waals surface area contributed by atoms with Gasteiger partial charge < -0.3 is 5.73 Å². The molecule has 0 amide bonds. The maximum absolute atomic E-state index is 6.26. The van der Waals surface area contributed by atoms with Crippen LogP contribution in [-0.4, -0.2) is 9.78 Å². The van der Waals surface area contributed by atoms with Gasteiger partial charge >= 0.3 is 0 Å². The molecule has 0 aliphatic heterocycles. The highest BCUT2D eigenvalue weighted by Gasteiger charge is 2.24. The van der Waals surface area contributed by atoms with Crippen LogP contribution in [-0.2, 0) is 12.0 Å². The van der Waals surface area contributed by atoms with Crippen molar-refractivity contribution in [1.29, 1.82) is 0 Å². The molecule has 0 unspecified atom stereocenters. The van der Waals surface area contributed by atoms with Crippen molar-refractivity contribution in [1.82, 2.24) is 9.78 Å². The van der Waals surface area contributed by atoms with Crippen molar-refractivity contribution < 1.29 is 0 Å². The highest BCUT2D eigenvalue weighted by Crippen LogP contribution is 2.32. The van der Waals surface area contributed by atoms with Crippen molar-refractivity contribution in [2.24, 2.45) is 0 Å². The van der Waals surface area contributed by atoms with Crippen molar-refractivity contribution >= 4 is 17.4 Å². The SMILES string of the molecule is CC(C)(C)c1nn(Cc2ccccc2)c(N)c1Cl. The zero-order chi connectivity index (χ0) is 13.3. The molecule has 4 heteroatoms. The summed E-state index contributed by atoms with van der Waals surface area (Å²) in [6.45, 7) is 6.87. The van der Waals surface area contributed by atoms with Gasteiger partial charge in [-0.05, 0) is 5.56 Å². The molecule has 1 heterocycles. The largest absolute Gasteiger partial charge is 0.383 e. The van der Waals surface area contributed by atoms with E-state index >= 15 is 0 Å². The van der Waals surface area contributed by atoms with Gasteiger partial charge in [0.2, 0.25) is 0 Å². The van der Waals surface area contributed by atoms with Crippen LogP contribution < -0.4 is 5.73 Å². The van der Waals surface area contributed by atoms with E-state index in [2.05, 4.69) is 25.9 Å². The Morgan fingerprint density at radius 1 is 1.22 bits per heavy atom. The molecule has 2 N–H and O–H groups in total. The number of anilines is 1. The molecule has 0 atom stereocenters. The number of aromatic nitrogens is 2. The molecule has 96 valence electrons. The van der Waals surface area contributed by atoms with Crippen LogP contribution in [0, 0.1) is 0 Å². The second kappa shape index (κ2) is 4.65. The number of halogens is 1. The van der Waals surface area contributed by atoms with Crippen molar-refractivity contribution in [2.75, 3.05) is 5.73 Å². The van der Waals surface area contributed by atoms with Gasteiger partial charge in [0.25, 0.3) is 0 Å². The van der Waals surface area contributed by atoms with E-state index in [-0.39, 0.29) is 5.41 Å². The summed E-state index contributed by atoms with van der Waals surface area (Å²) in [5, 5.41) is 5.10. The molecular formula is C14H18ClN3. The van der Waals surface area contributed by atoms with E-state index in [9.17, 15) is 0 Å². The lowest BCUT2D eigenvalue weighted by Gasteiger charge is -2.15. The summed E-state index contributed by atoms with van der Waals surface area (Å²) in [6, 6.07) is 10.1. The molecule has 0 spiro atoms. The molecule has 1 aromatic heterocycles. The third-order valence-electron chi connectivity index (χ3n) is 2.82. The molecule has 0 aliphatic carbocycles. The highest BCUT2D eigenvalue weighted by molar-refractivity contribution is 6.33. The zero-order valence-corrected chi connectivity index (χ0v) is 11.7. The summed E-state index contributed by atoms with van der Waals surface area (Å²) in [7, 11) is 0. The minimum atomic E-state index is -0.104. The fourth-order valence-electron chi connectivity index (χ4n) is 1.81. The van der Waals surface area contributed by atoms with E-state index < -0.39 is 0 Å². The Kier molecular flexibility index (Phi) is 3.35. The van der Waals surface area contributed by atoms with E-state index in [4.69, 9.17) is 17.3 Å². The van der Waals surface area contributed by atoms with Crippen LogP contribution in [0.25, 0.3) is 0 Å². The average Bonchev–Trinajstić information content (AvgIpc) is 2.58. The van der Waals surface area contributed by atoms with Crippen LogP contribution >= 0.6 is 11.6 Å². The summed E-state index contributed by atoms with van der Waals surface area (Å²) in [5.41, 5.74) is 7.91. The maximum Gasteiger partial charge on any atom is 0.141 e. The van der Waals surface area contributed by atoms with Crippen molar-refractivity contribution in [2.45, 2.75) is 32.7 Å². The second-order valence-corrected chi connectivity index (χ2v) is 5.82. The Morgan fingerprint density at radius 3 is 2.33 bits per heavy atom. The fraction of sp³-hybridized carbons (Fsp3) is 0.357. The van der Waals surface area contributed by atoms with E-state index in [0.717, 1.165) is 11.3 Å². The Morgan fingerprint density at radius 2 is 1.83 bits per heavy atom. The molecule has 1 aromatic carbocycles. The van der Waals surface area contributed by atoms with Gasteiger partial charge in [-0.1, -0.05) is 62.7 Å². The minimum absolute atomic E-state index is 0.104. The molecule has 18 heavy (non-hydrogen) atoms. The highest BCUT2D eigenvalue weighted by atomic mass is 35.5. The first-order chi connectivity index (χ1) is 8.39. The molecular weight excluding hydrogens is 246 g/mol. The Balaban J connectivity index is 2.36. The topological polar surface area (TPSA) is 43.8 Å². The summed E-state index contributed by atoms with van der Waals surface area (Å²) in [5.74, 6) is 0.533. The van der Waals surface area contributed by atoms with Crippen LogP contribution in [0.1, 0.15) is 32.0 Å². The first-order valence-electron chi connectivity index (χ1n) is 5.96. The van der Waals surface area contributed by atoms with Crippen molar-refractivity contribution in [3.8, 4) is 0 Å². The molecule has 0 aliphatic rings. The van der Waals surface area contributed by atoms with Crippen LogP contribution in [0.15, 0.2) is 30.3 Å². The van der Waals surface area contributed by atoms with Crippen LogP contribution in [0.3, 0.4) is 0 Å². The summed E-state index contributed by atoms with van der Waals surface area (Å²) in [6.07, 6.45) is 0. The van der Waals surface area contributed by atoms with E-state index in [1.165, 1.54) is 0 Å². The van der Waals surface area contributed by atoms with Gasteiger partial charge in [0.1, 0.15) is 10.8 Å². The predicted molar refractivity (Wildman–Crippen MR) is 75.9 cm³/mol. The van der Waals surface area contributed by atoms with E-state index in [0.29, 0.717) is 17.4 Å². The number of nitrogens with zero attached hydrogens (tertiary/aromatic N) is 2. The fourth-order valence-corrected chi connectivity index (χ4v) is 2.23. The Labute approximate surface area is 113 Å². The van der Waals surface area contributed by atoms with Crippen LogP contribution in [0.5, 0.6) is 0 Å². The molecule has 0 bridgehead atoms. The smallest absolute Gasteiger partial charge is 0.141 e. The molecule has 0 radical (unpaired) electrons. The van der Waals surface area contributed by atoms with Gasteiger partial charge in [-0.15, -0.1) is 0 Å². The minimum Gasteiger partial charge on any atom is -0.383 e. The van der Waals surface area contributed by atoms with Crippen LogP contribution in [0.4, 0.5) is 5.82 Å². The normalized spacial score (nSPS) is 11.8. The van der Waals surface area contributed by atoms with Crippen LogP contribution in [0.2, 0.25) is 5.02 Å². The lowest BCUT2D eigenvalue weighted by molar-refractivity contribution is 0.546. The molecule has 0 saturated heterocycles. The molecule has 0 fully saturated rings. The monoisotopic (exact) mass is 263 g/mol. The maximum atomic E-state index is 6.26. The molecule has 2 aromatic rings. The number of benzene rings is 1. The van der Waals surface area contributed by atoms with Gasteiger partial charge in [0, 0.05) is 5.41 Å². The standard InChI is InChI=1S/C14H18ClN3/c1-14(2,3)12-11(15)13(16)18(17-12)9-10-7-5-4-6-8-10/h4-8H,9,16H2,1-3H3. The van der Waals surface area contributed by atoms with Crippen molar-refractivity contribution in [3.63, 3.8) is 0 Å². The van der Waals surface area contributed by atoms with Gasteiger partial charge in [0.05, 0.1) is 12.2 Å². The number of rotatable bonds is 2. The molecule has 0 saturated carbocycles. The number of nitrogens with two attached hydrogens (primary N) is 1. The zero-order valence-electron chi connectivity index (χ0n) is 10.9. The summed E-state index contributed by atoms with van der Waals surface area (Å²) in [4.78, 5) is 0. The number of hydrogen-bond acceptors (Lipinski definition) is 2. The molecule has 3 nitrogen and oxygen atoms in total. The average molecular weight is 264 g/mol. The van der Waals surface area contributed by atoms with Gasteiger partial charge in [-0.25, -0.2) is 4.68 Å². The van der Waals surface area contributed by atoms with Gasteiger partial charge in [-0.2, -0.15) is 5.10 Å². The van der Waals surface area contributed by atoms with Gasteiger partial charge in [0.15, 0.2) is 0 Å². The summed E-state index contributed by atoms with van der Waals surface area (Å²) >= 11 is 6.26. The number of nitrogen functional groups attached to an aromatic ring is 1. The lowest BCUT2D eigenvalue weighted by Crippen LogP contribution is -2.13. The van der Waals surface area contributed by atoms with E-state index in [1.54, 1.807) is 4.68 Å². The van der Waals surface area contributed by atoms with Crippen molar-refractivity contribution in [3.05, 3.63) is 46.6 Å². The Hall–Kier alpha value is -1.48. The first kappa shape index (κ1) is 13.0. The number of hydrogen-bond donors (Lipinski definition) is 1. The quantitative estimate of drug-likeness (QED) is 0.902. The van der Waals surface area contributed by atoms with Gasteiger partial charge in [-0.3, -0.25) is 0 Å². The summed E-state index contributed by atoms with van der Waals surface area (Å²) < 4.78 is 1.76. The molecule has 2 rings (SSSR count). The Bertz CT molecular complexity index is 538. The lowest BCUT2D eigenvalue weighted by atomic mass is 9.92. The predicted octanol–water partition coefficient (Wildman–Crippen LogP) is 3.46. The van der Waals surface area contributed by atoms with E-state index in [1.807, 2.05) is 30.3 Å².